The van der Waals surface area contributed by atoms with Crippen LogP contribution in [0.5, 0.6) is 5.75 Å². The maximum absolute atomic E-state index is 12.0. The molecule has 0 radical (unpaired) electrons. The molecule has 0 saturated heterocycles. The van der Waals surface area contributed by atoms with Gasteiger partial charge >= 0.3 is 0 Å². The molecule has 1 atom stereocenters. The fourth-order valence-electron chi connectivity index (χ4n) is 2.30. The van der Waals surface area contributed by atoms with E-state index in [1.807, 2.05) is 11.4 Å². The van der Waals surface area contributed by atoms with E-state index in [-0.39, 0.29) is 30.4 Å². The number of fused-ring (bicyclic) bond motifs is 1. The third-order valence-corrected chi connectivity index (χ3v) is 4.48. The van der Waals surface area contributed by atoms with Crippen LogP contribution in [0.25, 0.3) is 0 Å². The topological polar surface area (TPSA) is 84.5 Å². The summed E-state index contributed by atoms with van der Waals surface area (Å²) in [5.74, 6) is 0.0389. The zero-order valence-corrected chi connectivity index (χ0v) is 13.8. The van der Waals surface area contributed by atoms with Crippen molar-refractivity contribution in [2.75, 3.05) is 10.6 Å². The van der Waals surface area contributed by atoms with Crippen LogP contribution in [0.3, 0.4) is 0 Å². The summed E-state index contributed by atoms with van der Waals surface area (Å²) in [5.41, 5.74) is 1.06. The average Bonchev–Trinajstić information content (AvgIpc) is 3.08. The van der Waals surface area contributed by atoms with E-state index in [0.29, 0.717) is 22.0 Å². The Bertz CT molecular complexity index is 786. The minimum Gasteiger partial charge on any atom is -0.479 e. The monoisotopic (exact) mass is 344 g/mol. The number of hydrogen-bond acceptors (Lipinski definition) is 5. The first-order valence-corrected chi connectivity index (χ1v) is 8.39. The molecule has 124 valence electrons. The fraction of sp³-hybridized carbons (Fsp3) is 0.235. The molecule has 1 aromatic heterocycles. The van der Waals surface area contributed by atoms with Crippen LogP contribution < -0.4 is 15.4 Å². The highest BCUT2D eigenvalue weighted by Gasteiger charge is 2.23. The van der Waals surface area contributed by atoms with E-state index in [2.05, 4.69) is 10.6 Å². The highest BCUT2D eigenvalue weighted by atomic mass is 32.1. The van der Waals surface area contributed by atoms with Gasteiger partial charge in [-0.15, -0.1) is 11.3 Å². The van der Waals surface area contributed by atoms with Gasteiger partial charge < -0.3 is 15.4 Å². The Morgan fingerprint density at radius 1 is 1.29 bits per heavy atom. The lowest BCUT2D eigenvalue weighted by molar-refractivity contribution is -0.122. The van der Waals surface area contributed by atoms with Crippen molar-refractivity contribution < 1.29 is 19.1 Å². The summed E-state index contributed by atoms with van der Waals surface area (Å²) in [6.45, 7) is 1.67. The molecule has 3 rings (SSSR count). The Kier molecular flexibility index (Phi) is 4.61. The number of thiophene rings is 1. The van der Waals surface area contributed by atoms with Gasteiger partial charge in [0.05, 0.1) is 10.6 Å². The maximum atomic E-state index is 12.0. The molecule has 1 aliphatic heterocycles. The van der Waals surface area contributed by atoms with E-state index in [1.165, 1.54) is 11.3 Å². The normalized spacial score (nSPS) is 15.9. The van der Waals surface area contributed by atoms with E-state index < -0.39 is 6.10 Å². The number of Topliss-reactive ketones (excluding diaryl/α,β-unsaturated/α-hetero) is 1. The molecule has 6 nitrogen and oxygen atoms in total. The molecule has 1 aromatic carbocycles. The average molecular weight is 344 g/mol. The van der Waals surface area contributed by atoms with Crippen LogP contribution in [0.2, 0.25) is 0 Å². The predicted octanol–water partition coefficient (Wildman–Crippen LogP) is 3.07. The van der Waals surface area contributed by atoms with Gasteiger partial charge in [0.15, 0.2) is 11.9 Å². The molecule has 0 unspecified atom stereocenters. The summed E-state index contributed by atoms with van der Waals surface area (Å²) in [5, 5.41) is 7.28. The highest BCUT2D eigenvalue weighted by molar-refractivity contribution is 7.12. The fourth-order valence-corrected chi connectivity index (χ4v) is 2.99. The smallest absolute Gasteiger partial charge is 0.265 e. The molecular weight excluding hydrogens is 328 g/mol. The largest absolute Gasteiger partial charge is 0.479 e. The highest BCUT2D eigenvalue weighted by Crippen LogP contribution is 2.32. The number of nitrogens with one attached hydrogen (secondary N) is 2. The van der Waals surface area contributed by atoms with Crippen molar-refractivity contribution in [3.8, 4) is 5.75 Å². The molecular formula is C17H16N2O4S. The number of rotatable bonds is 5. The second-order valence-electron chi connectivity index (χ2n) is 5.41. The Balaban J connectivity index is 1.58. The molecule has 2 aromatic rings. The lowest BCUT2D eigenvalue weighted by Gasteiger charge is -2.23. The quantitative estimate of drug-likeness (QED) is 0.817. The molecule has 1 aliphatic rings. The molecule has 2 N–H and O–H groups in total. The Hall–Kier alpha value is -2.67. The molecule has 0 spiro atoms. The SMILES string of the molecule is C[C@H]1Oc2ccc(NC(=O)CCC(=O)c3cccs3)cc2NC1=O. The Labute approximate surface area is 142 Å². The lowest BCUT2D eigenvalue weighted by Crippen LogP contribution is -2.34. The first-order valence-electron chi connectivity index (χ1n) is 7.51. The molecule has 7 heteroatoms. The van der Waals surface area contributed by atoms with Gasteiger partial charge in [-0.25, -0.2) is 0 Å². The zero-order chi connectivity index (χ0) is 17.1. The molecule has 24 heavy (non-hydrogen) atoms. The standard InChI is InChI=1S/C17H16N2O4S/c1-10-17(22)19-12-9-11(4-6-14(12)23-10)18-16(21)7-5-13(20)15-3-2-8-24-15/h2-4,6,8-10H,5,7H2,1H3,(H,18,21)(H,19,22)/t10-/m1/s1. The molecule has 2 amide bonds. The number of benzene rings is 1. The second-order valence-corrected chi connectivity index (χ2v) is 6.36. The van der Waals surface area contributed by atoms with Crippen molar-refractivity contribution >= 4 is 40.3 Å². The lowest BCUT2D eigenvalue weighted by atomic mass is 10.1. The van der Waals surface area contributed by atoms with Gasteiger partial charge in [-0.2, -0.15) is 0 Å². The summed E-state index contributed by atoms with van der Waals surface area (Å²) in [6, 6.07) is 8.58. The predicted molar refractivity (Wildman–Crippen MR) is 91.7 cm³/mol. The van der Waals surface area contributed by atoms with Crippen molar-refractivity contribution in [2.45, 2.75) is 25.9 Å². The molecule has 0 saturated carbocycles. The minimum absolute atomic E-state index is 0.0414. The van der Waals surface area contributed by atoms with Gasteiger partial charge in [0.2, 0.25) is 5.91 Å². The number of carbonyl (C=O) groups is 3. The van der Waals surface area contributed by atoms with E-state index in [1.54, 1.807) is 31.2 Å². The van der Waals surface area contributed by atoms with Gasteiger partial charge in [0, 0.05) is 18.5 Å². The van der Waals surface area contributed by atoms with Gasteiger partial charge in [0.25, 0.3) is 5.91 Å². The van der Waals surface area contributed by atoms with E-state index in [4.69, 9.17) is 4.74 Å². The van der Waals surface area contributed by atoms with E-state index in [0.717, 1.165) is 0 Å². The summed E-state index contributed by atoms with van der Waals surface area (Å²) >= 11 is 1.37. The zero-order valence-electron chi connectivity index (χ0n) is 13.0. The van der Waals surface area contributed by atoms with Crippen LogP contribution in [0.1, 0.15) is 29.4 Å². The third-order valence-electron chi connectivity index (χ3n) is 3.57. The van der Waals surface area contributed by atoms with E-state index >= 15 is 0 Å². The summed E-state index contributed by atoms with van der Waals surface area (Å²) in [6.07, 6.45) is -0.274. The van der Waals surface area contributed by atoms with Crippen LogP contribution in [0, 0.1) is 0 Å². The minimum atomic E-state index is -0.541. The number of anilines is 2. The van der Waals surface area contributed by atoms with Gasteiger partial charge in [-0.3, -0.25) is 14.4 Å². The molecule has 0 fully saturated rings. The maximum Gasteiger partial charge on any atom is 0.265 e. The Morgan fingerprint density at radius 2 is 2.12 bits per heavy atom. The molecule has 2 heterocycles. The second kappa shape index (κ2) is 6.84. The van der Waals surface area contributed by atoms with Crippen molar-refractivity contribution in [3.05, 3.63) is 40.6 Å². The van der Waals surface area contributed by atoms with Crippen LogP contribution in [0.15, 0.2) is 35.7 Å². The van der Waals surface area contributed by atoms with Crippen molar-refractivity contribution in [1.29, 1.82) is 0 Å². The number of ether oxygens (including phenoxy) is 1. The number of hydrogen-bond donors (Lipinski definition) is 2. The number of ketones is 1. The number of amides is 2. The van der Waals surface area contributed by atoms with Crippen molar-refractivity contribution in [2.24, 2.45) is 0 Å². The first-order chi connectivity index (χ1) is 11.5. The molecule has 0 bridgehead atoms. The first kappa shape index (κ1) is 16.2. The van der Waals surface area contributed by atoms with Crippen LogP contribution >= 0.6 is 11.3 Å². The third kappa shape index (κ3) is 3.62. The number of carbonyl (C=O) groups excluding carboxylic acids is 3. The summed E-state index contributed by atoms with van der Waals surface area (Å²) in [7, 11) is 0. The van der Waals surface area contributed by atoms with Crippen molar-refractivity contribution in [3.63, 3.8) is 0 Å². The van der Waals surface area contributed by atoms with Gasteiger partial charge in [0.1, 0.15) is 5.75 Å². The summed E-state index contributed by atoms with van der Waals surface area (Å²) in [4.78, 5) is 36.2. The van der Waals surface area contributed by atoms with Crippen molar-refractivity contribution in [1.82, 2.24) is 0 Å². The van der Waals surface area contributed by atoms with Crippen LogP contribution in [0.4, 0.5) is 11.4 Å². The van der Waals surface area contributed by atoms with Crippen LogP contribution in [-0.2, 0) is 9.59 Å². The van der Waals surface area contributed by atoms with Crippen LogP contribution in [-0.4, -0.2) is 23.7 Å². The van der Waals surface area contributed by atoms with Gasteiger partial charge in [-0.1, -0.05) is 6.07 Å². The summed E-state index contributed by atoms with van der Waals surface area (Å²) < 4.78 is 5.46. The van der Waals surface area contributed by atoms with E-state index in [9.17, 15) is 14.4 Å². The Morgan fingerprint density at radius 3 is 2.88 bits per heavy atom. The molecule has 0 aliphatic carbocycles. The van der Waals surface area contributed by atoms with Gasteiger partial charge in [-0.05, 0) is 36.6 Å².